The van der Waals surface area contributed by atoms with Crippen LogP contribution in [0.25, 0.3) is 0 Å². The largest absolute Gasteiger partial charge is 0.459 e. The van der Waals surface area contributed by atoms with Crippen LogP contribution in [0.5, 0.6) is 0 Å². The second kappa shape index (κ2) is 8.52. The number of alkyl halides is 3. The summed E-state index contributed by atoms with van der Waals surface area (Å²) in [5.41, 5.74) is -0.677. The lowest BCUT2D eigenvalue weighted by atomic mass is 10.2. The van der Waals surface area contributed by atoms with Gasteiger partial charge in [-0.2, -0.15) is 13.2 Å². The van der Waals surface area contributed by atoms with E-state index in [1.165, 1.54) is 30.5 Å². The van der Waals surface area contributed by atoms with Crippen molar-refractivity contribution in [2.45, 2.75) is 17.6 Å². The van der Waals surface area contributed by atoms with Crippen molar-refractivity contribution in [1.29, 1.82) is 0 Å². The predicted molar refractivity (Wildman–Crippen MR) is 106 cm³/mol. The van der Waals surface area contributed by atoms with Crippen LogP contribution in [0.3, 0.4) is 0 Å². The number of rotatable bonds is 6. The summed E-state index contributed by atoms with van der Waals surface area (Å²) in [7, 11) is -3.71. The van der Waals surface area contributed by atoms with Crippen LogP contribution in [-0.4, -0.2) is 14.6 Å². The number of halogens is 4. The number of nitrogens with one attached hydrogen (secondary N) is 1. The molecule has 0 spiro atoms. The van der Waals surface area contributed by atoms with Gasteiger partial charge in [-0.25, -0.2) is 13.1 Å². The molecule has 0 aliphatic carbocycles. The van der Waals surface area contributed by atoms with Gasteiger partial charge in [-0.15, -0.1) is 0 Å². The number of hydrogen-bond acceptors (Lipinski definition) is 4. The molecule has 5 nitrogen and oxygen atoms in total. The quantitative estimate of drug-likeness (QED) is 0.481. The van der Waals surface area contributed by atoms with Crippen LogP contribution >= 0.6 is 15.9 Å². The molecule has 0 saturated heterocycles. The Morgan fingerprint density at radius 1 is 1.07 bits per heavy atom. The van der Waals surface area contributed by atoms with E-state index in [9.17, 15) is 21.6 Å². The number of nitrogens with zero attached hydrogens (tertiary/aromatic N) is 1. The summed E-state index contributed by atoms with van der Waals surface area (Å²) in [6, 6.07) is 13.8. The molecule has 10 heteroatoms. The second-order valence-electron chi connectivity index (χ2n) is 5.89. The van der Waals surface area contributed by atoms with E-state index in [1.807, 2.05) is 0 Å². The van der Waals surface area contributed by atoms with Crippen LogP contribution in [0.15, 0.2) is 79.4 Å². The molecule has 0 aliphatic heterocycles. The maximum absolute atomic E-state index is 12.7. The highest BCUT2D eigenvalue weighted by atomic mass is 79.9. The lowest BCUT2D eigenvalue weighted by Crippen LogP contribution is -2.22. The van der Waals surface area contributed by atoms with Gasteiger partial charge in [0, 0.05) is 4.47 Å². The van der Waals surface area contributed by atoms with Crippen LogP contribution in [-0.2, 0) is 22.7 Å². The molecule has 0 saturated carbocycles. The SMILES string of the molecule is O=S(=O)(NCc1ccc(C=Nc2cccc(C(F)(F)F)c2)o1)c1ccc(Br)cc1. The van der Waals surface area contributed by atoms with Crippen molar-refractivity contribution in [3.05, 3.63) is 82.2 Å². The molecule has 1 N–H and O–H groups in total. The van der Waals surface area contributed by atoms with Gasteiger partial charge in [0.25, 0.3) is 0 Å². The van der Waals surface area contributed by atoms with Gasteiger partial charge >= 0.3 is 6.18 Å². The molecule has 3 aromatic rings. The molecular formula is C19H14BrF3N2O3S. The molecular weight excluding hydrogens is 473 g/mol. The van der Waals surface area contributed by atoms with Gasteiger partial charge in [-0.05, 0) is 54.6 Å². The van der Waals surface area contributed by atoms with E-state index in [-0.39, 0.29) is 22.9 Å². The average molecular weight is 487 g/mol. The van der Waals surface area contributed by atoms with Crippen molar-refractivity contribution in [2.75, 3.05) is 0 Å². The first-order valence-corrected chi connectivity index (χ1v) is 10.5. The Kier molecular flexibility index (Phi) is 6.25. The Labute approximate surface area is 173 Å². The number of furan rings is 1. The smallest absolute Gasteiger partial charge is 0.416 e. The molecule has 152 valence electrons. The van der Waals surface area contributed by atoms with Crippen LogP contribution in [0.2, 0.25) is 0 Å². The van der Waals surface area contributed by atoms with E-state index in [0.717, 1.165) is 16.6 Å². The molecule has 0 atom stereocenters. The maximum atomic E-state index is 12.7. The molecule has 1 heterocycles. The Morgan fingerprint density at radius 2 is 1.79 bits per heavy atom. The fourth-order valence-corrected chi connectivity index (χ4v) is 3.58. The third-order valence-electron chi connectivity index (χ3n) is 3.76. The minimum Gasteiger partial charge on any atom is -0.459 e. The van der Waals surface area contributed by atoms with Crippen molar-refractivity contribution in [2.24, 2.45) is 4.99 Å². The second-order valence-corrected chi connectivity index (χ2v) is 8.57. The van der Waals surface area contributed by atoms with Crippen molar-refractivity contribution < 1.29 is 26.0 Å². The van der Waals surface area contributed by atoms with Gasteiger partial charge in [0.05, 0.1) is 28.9 Å². The maximum Gasteiger partial charge on any atom is 0.416 e. The molecule has 0 bridgehead atoms. The van der Waals surface area contributed by atoms with E-state index in [4.69, 9.17) is 4.42 Å². The summed E-state index contributed by atoms with van der Waals surface area (Å²) in [4.78, 5) is 4.08. The van der Waals surface area contributed by atoms with E-state index < -0.39 is 21.8 Å². The van der Waals surface area contributed by atoms with Gasteiger partial charge in [0.15, 0.2) is 0 Å². The van der Waals surface area contributed by atoms with Crippen molar-refractivity contribution in [3.8, 4) is 0 Å². The lowest BCUT2D eigenvalue weighted by molar-refractivity contribution is -0.137. The first-order valence-electron chi connectivity index (χ1n) is 8.19. The molecule has 0 amide bonds. The molecule has 0 aliphatic rings. The standard InChI is InChI=1S/C19H14BrF3N2O3S/c20-14-4-8-18(9-5-14)29(26,27)25-12-17-7-6-16(28-17)11-24-15-3-1-2-13(10-15)19(21,22)23/h1-11,25H,12H2. The summed E-state index contributed by atoms with van der Waals surface area (Å²) in [5.74, 6) is 0.608. The van der Waals surface area contributed by atoms with Crippen molar-refractivity contribution >= 4 is 37.9 Å². The monoisotopic (exact) mass is 486 g/mol. The fraction of sp³-hybridized carbons (Fsp3) is 0.105. The number of benzene rings is 2. The first kappa shape index (κ1) is 21.3. The molecule has 3 rings (SSSR count). The Morgan fingerprint density at radius 3 is 2.48 bits per heavy atom. The summed E-state index contributed by atoms with van der Waals surface area (Å²) in [6.45, 7) is -0.0875. The van der Waals surface area contributed by atoms with E-state index >= 15 is 0 Å². The molecule has 0 unspecified atom stereocenters. The summed E-state index contributed by atoms with van der Waals surface area (Å²) >= 11 is 3.24. The number of sulfonamides is 1. The Hall–Kier alpha value is -2.43. The third-order valence-corrected chi connectivity index (χ3v) is 5.70. The van der Waals surface area contributed by atoms with Crippen LogP contribution in [0.1, 0.15) is 17.1 Å². The molecule has 0 radical (unpaired) electrons. The van der Waals surface area contributed by atoms with Gasteiger partial charge in [0.1, 0.15) is 11.5 Å². The zero-order valence-electron chi connectivity index (χ0n) is 14.7. The topological polar surface area (TPSA) is 71.7 Å². The van der Waals surface area contributed by atoms with Crippen molar-refractivity contribution in [3.63, 3.8) is 0 Å². The highest BCUT2D eigenvalue weighted by Crippen LogP contribution is 2.31. The summed E-state index contributed by atoms with van der Waals surface area (Å²) in [5, 5.41) is 0. The highest BCUT2D eigenvalue weighted by Gasteiger charge is 2.30. The van der Waals surface area contributed by atoms with Gasteiger partial charge in [0.2, 0.25) is 10.0 Å². The fourth-order valence-electron chi connectivity index (χ4n) is 2.32. The minimum absolute atomic E-state index is 0.0875. The van der Waals surface area contributed by atoms with Crippen LogP contribution in [0, 0.1) is 0 Å². The average Bonchev–Trinajstić information content (AvgIpc) is 3.13. The first-order chi connectivity index (χ1) is 13.6. The summed E-state index contributed by atoms with van der Waals surface area (Å²) in [6.07, 6.45) is -3.18. The normalized spacial score (nSPS) is 12.6. The van der Waals surface area contributed by atoms with Crippen LogP contribution < -0.4 is 4.72 Å². The van der Waals surface area contributed by atoms with E-state index in [0.29, 0.717) is 5.76 Å². The van der Waals surface area contributed by atoms with Crippen molar-refractivity contribution in [1.82, 2.24) is 4.72 Å². The van der Waals surface area contributed by atoms with E-state index in [2.05, 4.69) is 25.6 Å². The molecule has 2 aromatic carbocycles. The zero-order chi connectivity index (χ0) is 21.1. The summed E-state index contributed by atoms with van der Waals surface area (Å²) < 4.78 is 71.3. The molecule has 1 aromatic heterocycles. The number of hydrogen-bond donors (Lipinski definition) is 1. The predicted octanol–water partition coefficient (Wildman–Crippen LogP) is 5.29. The Balaban J connectivity index is 1.65. The van der Waals surface area contributed by atoms with Gasteiger partial charge in [-0.3, -0.25) is 4.99 Å². The van der Waals surface area contributed by atoms with Crippen LogP contribution in [0.4, 0.5) is 18.9 Å². The van der Waals surface area contributed by atoms with Gasteiger partial charge in [-0.1, -0.05) is 22.0 Å². The minimum atomic E-state index is -4.45. The molecule has 0 fully saturated rings. The zero-order valence-corrected chi connectivity index (χ0v) is 17.1. The Bertz CT molecular complexity index is 1120. The third kappa shape index (κ3) is 5.78. The highest BCUT2D eigenvalue weighted by molar-refractivity contribution is 9.10. The number of aliphatic imine (C=N–C) groups is 1. The van der Waals surface area contributed by atoms with E-state index in [1.54, 1.807) is 24.3 Å². The molecule has 29 heavy (non-hydrogen) atoms. The van der Waals surface area contributed by atoms with Gasteiger partial charge < -0.3 is 4.42 Å². The lowest BCUT2D eigenvalue weighted by Gasteiger charge is -2.06.